The van der Waals surface area contributed by atoms with Gasteiger partial charge in [-0.05, 0) is 91.8 Å². The van der Waals surface area contributed by atoms with Gasteiger partial charge in [-0.3, -0.25) is 0 Å². The van der Waals surface area contributed by atoms with Crippen LogP contribution in [0.1, 0.15) is 4.88 Å². The lowest BCUT2D eigenvalue weighted by Gasteiger charge is -2.08. The summed E-state index contributed by atoms with van der Waals surface area (Å²) in [6.45, 7) is 2.19. The molecule has 0 fully saturated rings. The van der Waals surface area contributed by atoms with Gasteiger partial charge in [0.2, 0.25) is 0 Å². The van der Waals surface area contributed by atoms with Crippen LogP contribution in [0.4, 0.5) is 0 Å². The molecule has 118 valence electrons. The zero-order valence-electron chi connectivity index (χ0n) is 13.7. The fourth-order valence-corrected chi connectivity index (χ4v) is 5.76. The summed E-state index contributed by atoms with van der Waals surface area (Å²) < 4.78 is 2.75. The fourth-order valence-electron chi connectivity index (χ4n) is 4.00. The van der Waals surface area contributed by atoms with Gasteiger partial charge >= 0.3 is 0 Å². The summed E-state index contributed by atoms with van der Waals surface area (Å²) in [4.78, 5) is 1.38. The third-order valence-electron chi connectivity index (χ3n) is 5.17. The van der Waals surface area contributed by atoms with E-state index in [0.717, 1.165) is 0 Å². The summed E-state index contributed by atoms with van der Waals surface area (Å²) in [5, 5.41) is 13.0. The molecule has 0 atom stereocenters. The van der Waals surface area contributed by atoms with Gasteiger partial charge in [-0.1, -0.05) is 24.3 Å². The molecule has 0 aliphatic rings. The van der Waals surface area contributed by atoms with Gasteiger partial charge in [0, 0.05) is 14.3 Å². The fraction of sp³-hybridized carbons (Fsp3) is 0.0435. The van der Waals surface area contributed by atoms with E-state index in [-0.39, 0.29) is 0 Å². The molecule has 2 heteroatoms. The lowest BCUT2D eigenvalue weighted by molar-refractivity contribution is 1.66. The van der Waals surface area contributed by atoms with E-state index in [1.54, 1.807) is 0 Å². The summed E-state index contributed by atoms with van der Waals surface area (Å²) in [6, 6.07) is 23.0. The van der Waals surface area contributed by atoms with Crippen molar-refractivity contribution >= 4 is 75.2 Å². The second-order valence-electron chi connectivity index (χ2n) is 6.73. The molecule has 0 bridgehead atoms. The maximum absolute atomic E-state index is 2.38. The van der Waals surface area contributed by atoms with Crippen LogP contribution < -0.4 is 0 Å². The Kier molecular flexibility index (Phi) is 2.66. The minimum Gasteiger partial charge on any atom is -0.144 e. The second-order valence-corrected chi connectivity index (χ2v) is 8.96. The van der Waals surface area contributed by atoms with Crippen LogP contribution in [0.3, 0.4) is 0 Å². The molecule has 0 N–H and O–H groups in total. The molecule has 0 nitrogen and oxygen atoms in total. The molecular weight excluding hydrogens is 340 g/mol. The molecule has 0 spiro atoms. The van der Waals surface area contributed by atoms with Crippen LogP contribution in [0.5, 0.6) is 0 Å². The van der Waals surface area contributed by atoms with Crippen molar-refractivity contribution in [2.75, 3.05) is 0 Å². The standard InChI is InChI=1S/C23H14S2/c1-13-8-17-10-15-3-5-18-19(21(15)12-23(17)25-13)4-2-14-9-16-6-7-24-22(16)11-20(14)18/h2-12H,1H3. The van der Waals surface area contributed by atoms with E-state index in [1.807, 2.05) is 22.7 Å². The highest BCUT2D eigenvalue weighted by atomic mass is 32.1. The number of benzene rings is 4. The number of thiophene rings is 2. The number of hydrogen-bond donors (Lipinski definition) is 0. The SMILES string of the molecule is Cc1cc2cc3ccc4c5cc6sccc6cc5ccc4c3cc2s1. The first-order valence-corrected chi connectivity index (χ1v) is 10.1. The number of rotatable bonds is 0. The van der Waals surface area contributed by atoms with Crippen LogP contribution >= 0.6 is 22.7 Å². The molecule has 0 unspecified atom stereocenters. The maximum Gasteiger partial charge on any atom is 0.0352 e. The van der Waals surface area contributed by atoms with E-state index < -0.39 is 0 Å². The van der Waals surface area contributed by atoms with Gasteiger partial charge in [-0.15, -0.1) is 22.7 Å². The van der Waals surface area contributed by atoms with Crippen LogP contribution in [0.15, 0.2) is 66.0 Å². The van der Waals surface area contributed by atoms with E-state index in [9.17, 15) is 0 Å². The number of hydrogen-bond acceptors (Lipinski definition) is 2. The summed E-state index contributed by atoms with van der Waals surface area (Å²) in [5.74, 6) is 0. The first-order chi connectivity index (χ1) is 12.3. The van der Waals surface area contributed by atoms with E-state index >= 15 is 0 Å². The van der Waals surface area contributed by atoms with E-state index in [4.69, 9.17) is 0 Å². The molecule has 2 aromatic heterocycles. The second kappa shape index (κ2) is 4.81. The van der Waals surface area contributed by atoms with Crippen molar-refractivity contribution in [3.8, 4) is 0 Å². The van der Waals surface area contributed by atoms with E-state index in [0.29, 0.717) is 0 Å². The normalized spacial score (nSPS) is 12.2. The molecule has 0 saturated carbocycles. The highest BCUT2D eigenvalue weighted by molar-refractivity contribution is 7.19. The predicted octanol–water partition coefficient (Wildman–Crippen LogP) is 7.88. The van der Waals surface area contributed by atoms with Crippen LogP contribution in [0, 0.1) is 6.92 Å². The minimum absolute atomic E-state index is 1.32. The van der Waals surface area contributed by atoms with Crippen molar-refractivity contribution in [2.24, 2.45) is 0 Å². The van der Waals surface area contributed by atoms with E-state index in [1.165, 1.54) is 57.4 Å². The smallest absolute Gasteiger partial charge is 0.0352 e. The van der Waals surface area contributed by atoms with Crippen molar-refractivity contribution in [3.05, 3.63) is 70.9 Å². The third-order valence-corrected chi connectivity index (χ3v) is 7.06. The summed E-state index contributed by atoms with van der Waals surface area (Å²) in [7, 11) is 0. The van der Waals surface area contributed by atoms with Gasteiger partial charge in [0.25, 0.3) is 0 Å². The average molecular weight is 354 g/mol. The zero-order chi connectivity index (χ0) is 16.5. The molecule has 25 heavy (non-hydrogen) atoms. The third kappa shape index (κ3) is 1.92. The molecule has 0 amide bonds. The van der Waals surface area contributed by atoms with Crippen molar-refractivity contribution in [1.29, 1.82) is 0 Å². The quantitative estimate of drug-likeness (QED) is 0.243. The molecule has 0 radical (unpaired) electrons. The Hall–Kier alpha value is -2.42. The first-order valence-electron chi connectivity index (χ1n) is 8.43. The number of fused-ring (bicyclic) bond motifs is 7. The van der Waals surface area contributed by atoms with Crippen molar-refractivity contribution in [3.63, 3.8) is 0 Å². The van der Waals surface area contributed by atoms with Crippen LogP contribution in [-0.4, -0.2) is 0 Å². The molecule has 0 aliphatic carbocycles. The highest BCUT2D eigenvalue weighted by Gasteiger charge is 2.08. The molecule has 2 heterocycles. The van der Waals surface area contributed by atoms with Gasteiger partial charge in [0.15, 0.2) is 0 Å². The Morgan fingerprint density at radius 3 is 2.00 bits per heavy atom. The van der Waals surface area contributed by atoms with Gasteiger partial charge in [0.05, 0.1) is 0 Å². The lowest BCUT2D eigenvalue weighted by atomic mass is 9.96. The molecular formula is C23H14S2. The van der Waals surface area contributed by atoms with Crippen LogP contribution in [-0.2, 0) is 0 Å². The average Bonchev–Trinajstić information content (AvgIpc) is 3.21. The Balaban J connectivity index is 1.81. The molecule has 0 saturated heterocycles. The van der Waals surface area contributed by atoms with E-state index in [2.05, 4.69) is 73.0 Å². The van der Waals surface area contributed by atoms with Gasteiger partial charge in [0.1, 0.15) is 0 Å². The highest BCUT2D eigenvalue weighted by Crippen LogP contribution is 2.37. The van der Waals surface area contributed by atoms with Crippen molar-refractivity contribution in [1.82, 2.24) is 0 Å². The monoisotopic (exact) mass is 354 g/mol. The Morgan fingerprint density at radius 2 is 1.24 bits per heavy atom. The predicted molar refractivity (Wildman–Crippen MR) is 114 cm³/mol. The summed E-state index contributed by atoms with van der Waals surface area (Å²) in [6.07, 6.45) is 0. The van der Waals surface area contributed by atoms with Crippen molar-refractivity contribution < 1.29 is 0 Å². The maximum atomic E-state index is 2.38. The topological polar surface area (TPSA) is 0 Å². The van der Waals surface area contributed by atoms with Crippen LogP contribution in [0.25, 0.3) is 52.5 Å². The van der Waals surface area contributed by atoms with Crippen LogP contribution in [0.2, 0.25) is 0 Å². The zero-order valence-corrected chi connectivity index (χ0v) is 15.3. The van der Waals surface area contributed by atoms with Gasteiger partial charge in [-0.2, -0.15) is 0 Å². The largest absolute Gasteiger partial charge is 0.144 e. The van der Waals surface area contributed by atoms with Crippen molar-refractivity contribution in [2.45, 2.75) is 6.92 Å². The number of aryl methyl sites for hydroxylation is 1. The van der Waals surface area contributed by atoms with Gasteiger partial charge < -0.3 is 0 Å². The molecule has 6 rings (SSSR count). The summed E-state index contributed by atoms with van der Waals surface area (Å²) >= 11 is 3.70. The summed E-state index contributed by atoms with van der Waals surface area (Å²) in [5.41, 5.74) is 0. The first kappa shape index (κ1) is 13.8. The Labute approximate surface area is 152 Å². The lowest BCUT2D eigenvalue weighted by Crippen LogP contribution is -1.81. The Morgan fingerprint density at radius 1 is 0.560 bits per heavy atom. The van der Waals surface area contributed by atoms with Gasteiger partial charge in [-0.25, -0.2) is 0 Å². The molecule has 4 aromatic carbocycles. The Bertz CT molecular complexity index is 1450. The molecule has 0 aliphatic heterocycles. The molecule has 6 aromatic rings. The minimum atomic E-state index is 1.32.